The Morgan fingerprint density at radius 3 is 2.60 bits per heavy atom. The summed E-state index contributed by atoms with van der Waals surface area (Å²) in [5, 5.41) is 0. The summed E-state index contributed by atoms with van der Waals surface area (Å²) in [7, 11) is 0. The number of hydrogen-bond donors (Lipinski definition) is 0. The number of hydrogen-bond acceptors (Lipinski definition) is 1. The van der Waals surface area contributed by atoms with Crippen LogP contribution in [0.3, 0.4) is 0 Å². The van der Waals surface area contributed by atoms with Gasteiger partial charge in [-0.25, -0.2) is 4.98 Å². The highest BCUT2D eigenvalue weighted by Gasteiger charge is 2.01. The predicted molar refractivity (Wildman–Crippen MR) is 62.0 cm³/mol. The van der Waals surface area contributed by atoms with E-state index in [1.165, 1.54) is 5.56 Å². The van der Waals surface area contributed by atoms with Crippen molar-refractivity contribution in [2.75, 3.05) is 0 Å². The fourth-order valence-corrected chi connectivity index (χ4v) is 1.63. The van der Waals surface area contributed by atoms with Gasteiger partial charge in [-0.2, -0.15) is 0 Å². The van der Waals surface area contributed by atoms with E-state index in [4.69, 9.17) is 0 Å². The van der Waals surface area contributed by atoms with Crippen LogP contribution in [0.1, 0.15) is 18.2 Å². The van der Waals surface area contributed by atoms with Crippen molar-refractivity contribution in [3.63, 3.8) is 0 Å². The molecule has 2 aromatic rings. The molecule has 0 saturated carbocycles. The third-order valence-corrected chi connectivity index (χ3v) is 2.59. The molecule has 1 heterocycles. The molecule has 0 amide bonds. The second-order valence-corrected chi connectivity index (χ2v) is 3.52. The molecule has 2 rings (SSSR count). The maximum Gasteiger partial charge on any atom is 0.0994 e. The molecule has 0 N–H and O–H groups in total. The quantitative estimate of drug-likeness (QED) is 0.743. The van der Waals surface area contributed by atoms with Crippen LogP contribution in [0.25, 0.3) is 5.69 Å². The minimum absolute atomic E-state index is 0.759. The summed E-state index contributed by atoms with van der Waals surface area (Å²) >= 11 is 0. The molecular weight excluding hydrogens is 184 g/mol. The minimum atomic E-state index is 0.759. The highest BCUT2D eigenvalue weighted by atomic mass is 15.0. The molecule has 0 aliphatic rings. The molecule has 0 bridgehead atoms. The lowest BCUT2D eigenvalue weighted by molar-refractivity contribution is 0.964. The van der Waals surface area contributed by atoms with E-state index in [0.717, 1.165) is 24.2 Å². The SMILES string of the molecule is [CH2]Cc1cncn1-c1ccc(CC)cc1. The average molecular weight is 199 g/mol. The molecule has 0 aliphatic carbocycles. The van der Waals surface area contributed by atoms with Gasteiger partial charge in [-0.15, -0.1) is 0 Å². The van der Waals surface area contributed by atoms with Crippen LogP contribution in [-0.4, -0.2) is 9.55 Å². The Labute approximate surface area is 90.6 Å². The van der Waals surface area contributed by atoms with E-state index in [0.29, 0.717) is 0 Å². The van der Waals surface area contributed by atoms with Crippen molar-refractivity contribution >= 4 is 0 Å². The lowest BCUT2D eigenvalue weighted by Crippen LogP contribution is -1.97. The average Bonchev–Trinajstić information content (AvgIpc) is 2.77. The third kappa shape index (κ3) is 1.94. The number of benzene rings is 1. The fourth-order valence-electron chi connectivity index (χ4n) is 1.63. The second kappa shape index (κ2) is 4.30. The van der Waals surface area contributed by atoms with Crippen LogP contribution in [-0.2, 0) is 12.8 Å². The number of rotatable bonds is 3. The molecule has 1 aromatic heterocycles. The van der Waals surface area contributed by atoms with Crippen LogP contribution in [0.4, 0.5) is 0 Å². The van der Waals surface area contributed by atoms with Gasteiger partial charge in [0.05, 0.1) is 6.33 Å². The molecule has 0 fully saturated rings. The Balaban J connectivity index is 2.37. The fraction of sp³-hybridized carbons (Fsp3) is 0.231. The monoisotopic (exact) mass is 199 g/mol. The molecule has 0 unspecified atom stereocenters. The maximum absolute atomic E-state index is 4.13. The van der Waals surface area contributed by atoms with Crippen molar-refractivity contribution in [2.45, 2.75) is 19.8 Å². The molecule has 0 spiro atoms. The van der Waals surface area contributed by atoms with Gasteiger partial charge in [0.2, 0.25) is 0 Å². The van der Waals surface area contributed by atoms with Gasteiger partial charge >= 0.3 is 0 Å². The Morgan fingerprint density at radius 1 is 1.27 bits per heavy atom. The van der Waals surface area contributed by atoms with Crippen molar-refractivity contribution in [1.29, 1.82) is 0 Å². The van der Waals surface area contributed by atoms with Gasteiger partial charge in [-0.3, -0.25) is 0 Å². The molecule has 2 nitrogen and oxygen atoms in total. The van der Waals surface area contributed by atoms with Gasteiger partial charge in [0, 0.05) is 17.6 Å². The number of nitrogens with zero attached hydrogens (tertiary/aromatic N) is 2. The summed E-state index contributed by atoms with van der Waals surface area (Å²) in [5.41, 5.74) is 3.65. The van der Waals surface area contributed by atoms with Crippen molar-refractivity contribution in [3.05, 3.63) is 55.0 Å². The molecule has 2 heteroatoms. The summed E-state index contributed by atoms with van der Waals surface area (Å²) in [5.74, 6) is 0. The Hall–Kier alpha value is -1.57. The van der Waals surface area contributed by atoms with Crippen molar-refractivity contribution in [2.24, 2.45) is 0 Å². The first-order chi connectivity index (χ1) is 7.35. The van der Waals surface area contributed by atoms with E-state index >= 15 is 0 Å². The highest BCUT2D eigenvalue weighted by molar-refractivity contribution is 5.36. The zero-order valence-electron chi connectivity index (χ0n) is 8.98. The van der Waals surface area contributed by atoms with E-state index in [-0.39, 0.29) is 0 Å². The van der Waals surface area contributed by atoms with Crippen molar-refractivity contribution < 1.29 is 0 Å². The van der Waals surface area contributed by atoms with Crippen LogP contribution < -0.4 is 0 Å². The zero-order chi connectivity index (χ0) is 10.7. The summed E-state index contributed by atoms with van der Waals surface area (Å²) in [6, 6.07) is 8.56. The standard InChI is InChI=1S/C13H15N2/c1-3-11-5-7-13(8-6-11)15-10-14-9-12(15)4-2/h5-10H,2-4H2,1H3. The number of aryl methyl sites for hydroxylation is 1. The summed E-state index contributed by atoms with van der Waals surface area (Å²) < 4.78 is 2.08. The first kappa shape index (κ1) is 9.97. The lowest BCUT2D eigenvalue weighted by Gasteiger charge is -2.06. The van der Waals surface area contributed by atoms with Crippen LogP contribution in [0, 0.1) is 6.92 Å². The first-order valence-electron chi connectivity index (χ1n) is 5.25. The molecule has 0 aliphatic heterocycles. The topological polar surface area (TPSA) is 17.8 Å². The van der Waals surface area contributed by atoms with Gasteiger partial charge in [0.15, 0.2) is 0 Å². The second-order valence-electron chi connectivity index (χ2n) is 3.52. The van der Waals surface area contributed by atoms with Gasteiger partial charge in [-0.05, 0) is 37.5 Å². The molecular formula is C13H15N2. The van der Waals surface area contributed by atoms with E-state index in [1.54, 1.807) is 0 Å². The molecule has 15 heavy (non-hydrogen) atoms. The van der Waals surface area contributed by atoms with Gasteiger partial charge in [-0.1, -0.05) is 19.1 Å². The molecule has 1 radical (unpaired) electrons. The van der Waals surface area contributed by atoms with Gasteiger partial charge in [0.25, 0.3) is 0 Å². The highest BCUT2D eigenvalue weighted by Crippen LogP contribution is 2.13. The van der Waals surface area contributed by atoms with Gasteiger partial charge in [0.1, 0.15) is 0 Å². The van der Waals surface area contributed by atoms with Crippen LogP contribution in [0.2, 0.25) is 0 Å². The molecule has 77 valence electrons. The first-order valence-corrected chi connectivity index (χ1v) is 5.25. The van der Waals surface area contributed by atoms with Crippen LogP contribution >= 0.6 is 0 Å². The molecule has 0 saturated heterocycles. The van der Waals surface area contributed by atoms with E-state index in [2.05, 4.69) is 47.7 Å². The Kier molecular flexibility index (Phi) is 2.86. The van der Waals surface area contributed by atoms with Gasteiger partial charge < -0.3 is 4.57 Å². The third-order valence-electron chi connectivity index (χ3n) is 2.59. The Morgan fingerprint density at radius 2 is 2.00 bits per heavy atom. The van der Waals surface area contributed by atoms with E-state index in [9.17, 15) is 0 Å². The lowest BCUT2D eigenvalue weighted by atomic mass is 10.1. The van der Waals surface area contributed by atoms with Crippen molar-refractivity contribution in [3.8, 4) is 5.69 Å². The zero-order valence-corrected chi connectivity index (χ0v) is 8.98. The maximum atomic E-state index is 4.13. The largest absolute Gasteiger partial charge is 0.303 e. The van der Waals surface area contributed by atoms with Crippen LogP contribution in [0.5, 0.6) is 0 Å². The minimum Gasteiger partial charge on any atom is -0.303 e. The smallest absolute Gasteiger partial charge is 0.0994 e. The predicted octanol–water partition coefficient (Wildman–Crippen LogP) is 2.81. The number of imidazole rings is 1. The molecule has 0 atom stereocenters. The Bertz CT molecular complexity index is 426. The summed E-state index contributed by atoms with van der Waals surface area (Å²) in [4.78, 5) is 4.13. The summed E-state index contributed by atoms with van der Waals surface area (Å²) in [6.45, 7) is 6.05. The summed E-state index contributed by atoms with van der Waals surface area (Å²) in [6.07, 6.45) is 5.53. The normalized spacial score (nSPS) is 10.5. The number of aromatic nitrogens is 2. The molecule has 1 aromatic carbocycles. The van der Waals surface area contributed by atoms with E-state index < -0.39 is 0 Å². The van der Waals surface area contributed by atoms with Crippen molar-refractivity contribution in [1.82, 2.24) is 9.55 Å². The van der Waals surface area contributed by atoms with Crippen LogP contribution in [0.15, 0.2) is 36.8 Å². The van der Waals surface area contributed by atoms with E-state index in [1.807, 2.05) is 12.5 Å².